The molecular formula is C17H17N5O3. The molecule has 3 aromatic rings. The van der Waals surface area contributed by atoms with Gasteiger partial charge in [0.2, 0.25) is 5.88 Å². The van der Waals surface area contributed by atoms with Crippen molar-refractivity contribution in [1.29, 1.82) is 0 Å². The second-order valence-corrected chi connectivity index (χ2v) is 6.69. The van der Waals surface area contributed by atoms with Crippen LogP contribution in [0.4, 0.5) is 4.79 Å². The number of imidazole rings is 1. The lowest BCUT2D eigenvalue weighted by Gasteiger charge is -2.18. The Balaban J connectivity index is 1.77. The van der Waals surface area contributed by atoms with Gasteiger partial charge in [-0.1, -0.05) is 12.1 Å². The highest BCUT2D eigenvalue weighted by Crippen LogP contribution is 2.33. The Morgan fingerprint density at radius 1 is 1.20 bits per heavy atom. The highest BCUT2D eigenvalue weighted by Gasteiger charge is 2.26. The lowest BCUT2D eigenvalue weighted by Crippen LogP contribution is -2.26. The summed E-state index contributed by atoms with van der Waals surface area (Å²) in [6, 6.07) is 7.81. The predicted molar refractivity (Wildman–Crippen MR) is 88.5 cm³/mol. The van der Waals surface area contributed by atoms with E-state index in [0.717, 1.165) is 17.1 Å². The monoisotopic (exact) mass is 339 g/mol. The van der Waals surface area contributed by atoms with Crippen molar-refractivity contribution in [2.45, 2.75) is 32.9 Å². The second-order valence-electron chi connectivity index (χ2n) is 6.69. The zero-order valence-corrected chi connectivity index (χ0v) is 14.1. The second kappa shape index (κ2) is 5.44. The van der Waals surface area contributed by atoms with E-state index in [0.29, 0.717) is 12.2 Å². The van der Waals surface area contributed by atoms with Gasteiger partial charge in [-0.15, -0.1) is 0 Å². The standard InChI is InChI=1S/C17H17N5O3/c1-17(2,3)25-16(23)24-15-13-8-22-14(18-9-20-22)11-6-4-5-7-12(11)21(13)10-19-15/h4-7,9-10H,8H2,1-3H3. The lowest BCUT2D eigenvalue weighted by atomic mass is 10.1. The summed E-state index contributed by atoms with van der Waals surface area (Å²) >= 11 is 0. The first-order valence-electron chi connectivity index (χ1n) is 7.87. The number of carbonyl (C=O) groups is 1. The molecule has 3 heterocycles. The van der Waals surface area contributed by atoms with Gasteiger partial charge in [0.05, 0.1) is 12.2 Å². The van der Waals surface area contributed by atoms with E-state index in [1.165, 1.54) is 6.33 Å². The molecule has 8 heteroatoms. The van der Waals surface area contributed by atoms with Gasteiger partial charge in [0.25, 0.3) is 0 Å². The van der Waals surface area contributed by atoms with Crippen LogP contribution in [0.25, 0.3) is 17.1 Å². The molecule has 8 nitrogen and oxygen atoms in total. The van der Waals surface area contributed by atoms with Gasteiger partial charge in [0.1, 0.15) is 23.9 Å². The van der Waals surface area contributed by atoms with Crippen molar-refractivity contribution < 1.29 is 14.3 Å². The van der Waals surface area contributed by atoms with Crippen molar-refractivity contribution in [3.8, 4) is 23.0 Å². The van der Waals surface area contributed by atoms with Crippen LogP contribution in [0.3, 0.4) is 0 Å². The van der Waals surface area contributed by atoms with Gasteiger partial charge in [-0.3, -0.25) is 4.57 Å². The Morgan fingerprint density at radius 2 is 2.00 bits per heavy atom. The molecule has 0 N–H and O–H groups in total. The van der Waals surface area contributed by atoms with Gasteiger partial charge in [-0.05, 0) is 32.9 Å². The minimum atomic E-state index is -0.787. The van der Waals surface area contributed by atoms with Crippen molar-refractivity contribution in [2.75, 3.05) is 0 Å². The van der Waals surface area contributed by atoms with Crippen LogP contribution in [-0.2, 0) is 11.3 Å². The molecule has 0 spiro atoms. The first kappa shape index (κ1) is 15.4. The molecule has 0 saturated carbocycles. The predicted octanol–water partition coefficient (Wildman–Crippen LogP) is 2.81. The van der Waals surface area contributed by atoms with Crippen LogP contribution in [0.2, 0.25) is 0 Å². The summed E-state index contributed by atoms with van der Waals surface area (Å²) in [6.45, 7) is 5.71. The molecule has 4 rings (SSSR count). The van der Waals surface area contributed by atoms with Crippen LogP contribution in [-0.4, -0.2) is 36.1 Å². The maximum Gasteiger partial charge on any atom is 0.515 e. The average molecular weight is 339 g/mol. The summed E-state index contributed by atoms with van der Waals surface area (Å²) in [5.41, 5.74) is 1.89. The van der Waals surface area contributed by atoms with E-state index < -0.39 is 11.8 Å². The topological polar surface area (TPSA) is 84.1 Å². The highest BCUT2D eigenvalue weighted by molar-refractivity contribution is 5.70. The molecule has 0 bridgehead atoms. The van der Waals surface area contributed by atoms with Crippen LogP contribution in [0, 0.1) is 0 Å². The Kier molecular flexibility index (Phi) is 3.34. The minimum Gasteiger partial charge on any atom is -0.428 e. The summed E-state index contributed by atoms with van der Waals surface area (Å²) < 4.78 is 14.2. The van der Waals surface area contributed by atoms with Gasteiger partial charge >= 0.3 is 6.16 Å². The van der Waals surface area contributed by atoms with Gasteiger partial charge < -0.3 is 9.47 Å². The molecular weight excluding hydrogens is 322 g/mol. The Labute approximate surface area is 144 Å². The van der Waals surface area contributed by atoms with Crippen molar-refractivity contribution in [3.63, 3.8) is 0 Å². The van der Waals surface area contributed by atoms with Crippen molar-refractivity contribution in [3.05, 3.63) is 42.6 Å². The van der Waals surface area contributed by atoms with Crippen LogP contribution >= 0.6 is 0 Å². The van der Waals surface area contributed by atoms with E-state index >= 15 is 0 Å². The molecule has 0 atom stereocenters. The van der Waals surface area contributed by atoms with Gasteiger partial charge in [-0.2, -0.15) is 5.10 Å². The number of ether oxygens (including phenoxy) is 2. The van der Waals surface area contributed by atoms with Crippen molar-refractivity contribution in [1.82, 2.24) is 24.3 Å². The van der Waals surface area contributed by atoms with Gasteiger partial charge in [-0.25, -0.2) is 19.4 Å². The summed E-state index contributed by atoms with van der Waals surface area (Å²) in [7, 11) is 0. The number of carbonyl (C=O) groups excluding carboxylic acids is 1. The summed E-state index contributed by atoms with van der Waals surface area (Å²) in [6.07, 6.45) is 2.35. The Hall–Kier alpha value is -3.16. The molecule has 0 saturated heterocycles. The van der Waals surface area contributed by atoms with E-state index in [1.54, 1.807) is 31.8 Å². The Morgan fingerprint density at radius 3 is 2.80 bits per heavy atom. The number of nitrogens with zero attached hydrogens (tertiary/aromatic N) is 5. The van der Waals surface area contributed by atoms with E-state index in [9.17, 15) is 4.79 Å². The fraction of sp³-hybridized carbons (Fsp3) is 0.294. The number of aromatic nitrogens is 5. The largest absolute Gasteiger partial charge is 0.515 e. The smallest absolute Gasteiger partial charge is 0.428 e. The molecule has 1 aliphatic rings. The molecule has 128 valence electrons. The molecule has 0 radical (unpaired) electrons. The molecule has 0 aliphatic carbocycles. The SMILES string of the molecule is CC(C)(C)OC(=O)Oc1ncn2c1Cn1ncnc1-c1ccccc1-2. The zero-order valence-electron chi connectivity index (χ0n) is 14.1. The number of benzene rings is 1. The average Bonchev–Trinajstić information content (AvgIpc) is 3.11. The third kappa shape index (κ3) is 2.75. The Bertz CT molecular complexity index is 951. The van der Waals surface area contributed by atoms with E-state index in [4.69, 9.17) is 9.47 Å². The molecule has 2 aromatic heterocycles. The molecule has 1 aliphatic heterocycles. The van der Waals surface area contributed by atoms with E-state index in [-0.39, 0.29) is 5.88 Å². The van der Waals surface area contributed by atoms with E-state index in [1.807, 2.05) is 28.8 Å². The van der Waals surface area contributed by atoms with Crippen LogP contribution < -0.4 is 4.74 Å². The zero-order chi connectivity index (χ0) is 17.6. The minimum absolute atomic E-state index is 0.201. The van der Waals surface area contributed by atoms with Gasteiger partial charge in [0.15, 0.2) is 5.82 Å². The molecule has 1 aromatic carbocycles. The summed E-state index contributed by atoms with van der Waals surface area (Å²) in [5.74, 6) is 0.954. The number of fused-ring (bicyclic) bond motifs is 5. The van der Waals surface area contributed by atoms with Crippen LogP contribution in [0.5, 0.6) is 5.88 Å². The quantitative estimate of drug-likeness (QED) is 0.496. The normalized spacial score (nSPS) is 12.6. The number of hydrogen-bond acceptors (Lipinski definition) is 6. The first-order chi connectivity index (χ1) is 11.9. The summed E-state index contributed by atoms with van der Waals surface area (Å²) in [4.78, 5) is 20.6. The third-order valence-electron chi connectivity index (χ3n) is 3.72. The highest BCUT2D eigenvalue weighted by atomic mass is 16.7. The molecule has 0 amide bonds. The number of hydrogen-bond donors (Lipinski definition) is 0. The van der Waals surface area contributed by atoms with E-state index in [2.05, 4.69) is 15.1 Å². The van der Waals surface area contributed by atoms with Gasteiger partial charge in [0, 0.05) is 5.56 Å². The number of para-hydroxylation sites is 1. The van der Waals surface area contributed by atoms with Crippen LogP contribution in [0.15, 0.2) is 36.9 Å². The lowest BCUT2D eigenvalue weighted by molar-refractivity contribution is 0.0195. The third-order valence-corrected chi connectivity index (χ3v) is 3.72. The maximum absolute atomic E-state index is 12.0. The fourth-order valence-electron chi connectivity index (χ4n) is 2.75. The van der Waals surface area contributed by atoms with Crippen LogP contribution in [0.1, 0.15) is 26.5 Å². The first-order valence-corrected chi connectivity index (χ1v) is 7.87. The van der Waals surface area contributed by atoms with Crippen molar-refractivity contribution >= 4 is 6.16 Å². The van der Waals surface area contributed by atoms with Crippen molar-refractivity contribution in [2.24, 2.45) is 0 Å². The maximum atomic E-state index is 12.0. The molecule has 25 heavy (non-hydrogen) atoms. The fourth-order valence-corrected chi connectivity index (χ4v) is 2.75. The summed E-state index contributed by atoms with van der Waals surface area (Å²) in [5, 5.41) is 4.27. The molecule has 0 unspecified atom stereocenters. The molecule has 0 fully saturated rings. The number of rotatable bonds is 1.